The predicted octanol–water partition coefficient (Wildman–Crippen LogP) is 0.767. The third-order valence-corrected chi connectivity index (χ3v) is 4.22. The maximum absolute atomic E-state index is 12.8. The van der Waals surface area contributed by atoms with Gasteiger partial charge < -0.3 is 9.64 Å². The van der Waals surface area contributed by atoms with Crippen molar-refractivity contribution >= 4 is 22.6 Å². The second-order valence-electron chi connectivity index (χ2n) is 5.73. The van der Waals surface area contributed by atoms with Crippen molar-refractivity contribution in [2.75, 3.05) is 19.1 Å². The first kappa shape index (κ1) is 17.4. The van der Waals surface area contributed by atoms with Crippen molar-refractivity contribution in [3.05, 3.63) is 63.4 Å². The summed E-state index contributed by atoms with van der Waals surface area (Å²) in [5.74, 6) is -0.0918. The number of ether oxygens (including phenoxy) is 1. The minimum absolute atomic E-state index is 0.160. The second kappa shape index (κ2) is 6.83. The molecule has 0 bridgehead atoms. The van der Waals surface area contributed by atoms with Crippen molar-refractivity contribution in [2.45, 2.75) is 6.54 Å². The fourth-order valence-corrected chi connectivity index (χ4v) is 2.73. The lowest BCUT2D eigenvalue weighted by Gasteiger charge is -2.18. The van der Waals surface area contributed by atoms with E-state index in [0.717, 1.165) is 4.57 Å². The Hall–Kier alpha value is -3.42. The molecule has 0 aliphatic carbocycles. The van der Waals surface area contributed by atoms with Crippen molar-refractivity contribution in [1.29, 1.82) is 0 Å². The first-order valence-electron chi connectivity index (χ1n) is 7.90. The van der Waals surface area contributed by atoms with Crippen molar-refractivity contribution in [2.24, 2.45) is 7.05 Å². The van der Waals surface area contributed by atoms with Gasteiger partial charge in [-0.05, 0) is 18.2 Å². The van der Waals surface area contributed by atoms with E-state index >= 15 is 0 Å². The van der Waals surface area contributed by atoms with Gasteiger partial charge in [0.25, 0.3) is 5.56 Å². The predicted molar refractivity (Wildman–Crippen MR) is 97.6 cm³/mol. The van der Waals surface area contributed by atoms with E-state index in [2.05, 4.69) is 4.98 Å². The molecule has 1 aromatic carbocycles. The summed E-state index contributed by atoms with van der Waals surface area (Å²) in [7, 11) is 4.52. The summed E-state index contributed by atoms with van der Waals surface area (Å²) in [6, 6.07) is 10.5. The normalized spacial score (nSPS) is 10.7. The fourth-order valence-electron chi connectivity index (χ4n) is 2.73. The molecule has 8 nitrogen and oxygen atoms in total. The number of hydrogen-bond donors (Lipinski definition) is 0. The van der Waals surface area contributed by atoms with Crippen molar-refractivity contribution in [3.8, 4) is 5.75 Å². The molecule has 0 unspecified atom stereocenters. The van der Waals surface area contributed by atoms with Crippen molar-refractivity contribution in [3.63, 3.8) is 0 Å². The Kier molecular flexibility index (Phi) is 4.57. The zero-order chi connectivity index (χ0) is 18.8. The maximum Gasteiger partial charge on any atom is 0.332 e. The Bertz CT molecular complexity index is 1090. The minimum atomic E-state index is -0.613. The van der Waals surface area contributed by atoms with Crippen LogP contribution in [0.15, 0.2) is 52.2 Å². The summed E-state index contributed by atoms with van der Waals surface area (Å²) >= 11 is 0. The molecular formula is C18H18N4O4. The molecule has 3 aromatic rings. The summed E-state index contributed by atoms with van der Waals surface area (Å²) in [6.45, 7) is -0.384. The average Bonchev–Trinajstić information content (AvgIpc) is 2.68. The van der Waals surface area contributed by atoms with Gasteiger partial charge in [-0.1, -0.05) is 18.2 Å². The number of aromatic nitrogens is 3. The number of pyridine rings is 1. The van der Waals surface area contributed by atoms with Crippen LogP contribution in [0.25, 0.3) is 11.0 Å². The van der Waals surface area contributed by atoms with Crippen LogP contribution in [0.2, 0.25) is 0 Å². The summed E-state index contributed by atoms with van der Waals surface area (Å²) in [4.78, 5) is 43.5. The van der Waals surface area contributed by atoms with E-state index in [4.69, 9.17) is 4.74 Å². The smallest absolute Gasteiger partial charge is 0.332 e. The molecule has 8 heteroatoms. The number of carbonyl (C=O) groups excluding carboxylic acids is 1. The lowest BCUT2D eigenvalue weighted by atomic mass is 10.3. The largest absolute Gasteiger partial charge is 0.496 e. The lowest BCUT2D eigenvalue weighted by molar-refractivity contribution is -0.119. The van der Waals surface area contributed by atoms with E-state index in [1.165, 1.54) is 35.9 Å². The quantitative estimate of drug-likeness (QED) is 0.691. The number of anilines is 1. The first-order chi connectivity index (χ1) is 12.5. The highest BCUT2D eigenvalue weighted by Crippen LogP contribution is 2.18. The van der Waals surface area contributed by atoms with E-state index in [9.17, 15) is 14.4 Å². The van der Waals surface area contributed by atoms with Gasteiger partial charge in [0.15, 0.2) is 5.65 Å². The summed E-state index contributed by atoms with van der Waals surface area (Å²) in [5, 5.41) is 0.160. The Balaban J connectivity index is 2.10. The highest BCUT2D eigenvalue weighted by Gasteiger charge is 2.19. The first-order valence-corrected chi connectivity index (χ1v) is 7.90. The number of rotatable bonds is 4. The fraction of sp³-hybridized carbons (Fsp3) is 0.222. The summed E-state index contributed by atoms with van der Waals surface area (Å²) < 4.78 is 7.34. The summed E-state index contributed by atoms with van der Waals surface area (Å²) in [6.07, 6.45) is 1.46. The van der Waals surface area contributed by atoms with Gasteiger partial charge in [-0.15, -0.1) is 0 Å². The van der Waals surface area contributed by atoms with E-state index in [-0.39, 0.29) is 17.6 Å². The number of likely N-dealkylation sites (N-methyl/N-ethyl adjacent to an activating group) is 1. The van der Waals surface area contributed by atoms with Gasteiger partial charge in [-0.3, -0.25) is 14.2 Å². The molecule has 0 saturated heterocycles. The van der Waals surface area contributed by atoms with Crippen LogP contribution < -0.4 is 20.9 Å². The van der Waals surface area contributed by atoms with Crippen molar-refractivity contribution < 1.29 is 9.53 Å². The molecule has 0 atom stereocenters. The molecule has 26 heavy (non-hydrogen) atoms. The van der Waals surface area contributed by atoms with Crippen molar-refractivity contribution in [1.82, 2.24) is 14.1 Å². The average molecular weight is 354 g/mol. The van der Waals surface area contributed by atoms with E-state index in [1.54, 1.807) is 31.3 Å². The molecule has 0 saturated carbocycles. The minimum Gasteiger partial charge on any atom is -0.496 e. The van der Waals surface area contributed by atoms with Crippen LogP contribution in [0.1, 0.15) is 0 Å². The van der Waals surface area contributed by atoms with Crippen LogP contribution in [0.4, 0.5) is 5.69 Å². The van der Waals surface area contributed by atoms with E-state index < -0.39 is 17.2 Å². The van der Waals surface area contributed by atoms with Gasteiger partial charge in [-0.2, -0.15) is 0 Å². The van der Waals surface area contributed by atoms with Gasteiger partial charge in [0.05, 0.1) is 7.11 Å². The maximum atomic E-state index is 12.8. The van der Waals surface area contributed by atoms with E-state index in [0.29, 0.717) is 11.4 Å². The topological polar surface area (TPSA) is 86.4 Å². The third-order valence-electron chi connectivity index (χ3n) is 4.22. The van der Waals surface area contributed by atoms with Crippen LogP contribution in [0.5, 0.6) is 5.75 Å². The molecule has 0 spiro atoms. The van der Waals surface area contributed by atoms with Gasteiger partial charge in [0.1, 0.15) is 17.7 Å². The molecule has 134 valence electrons. The molecule has 0 aliphatic heterocycles. The molecule has 0 radical (unpaired) electrons. The molecule has 1 amide bonds. The van der Waals surface area contributed by atoms with Crippen LogP contribution >= 0.6 is 0 Å². The number of benzene rings is 1. The zero-order valence-corrected chi connectivity index (χ0v) is 14.7. The van der Waals surface area contributed by atoms with Gasteiger partial charge in [0.2, 0.25) is 5.91 Å². The standard InChI is InChI=1S/C18H18N4O4/c1-20(12-7-5-4-6-8-12)14(23)11-22-17(24)15-13(26-3)9-10-19-16(15)21(2)18(22)25/h4-10H,11H2,1-3H3. The number of aryl methyl sites for hydroxylation is 1. The number of amides is 1. The second-order valence-corrected chi connectivity index (χ2v) is 5.73. The highest BCUT2D eigenvalue weighted by molar-refractivity contribution is 5.92. The number of methoxy groups -OCH3 is 1. The van der Waals surface area contributed by atoms with E-state index in [1.807, 2.05) is 6.07 Å². The number of para-hydroxylation sites is 1. The van der Waals surface area contributed by atoms with Crippen LogP contribution in [0.3, 0.4) is 0 Å². The van der Waals surface area contributed by atoms with Gasteiger partial charge >= 0.3 is 5.69 Å². The Morgan fingerprint density at radius 2 is 1.88 bits per heavy atom. The molecule has 0 fully saturated rings. The van der Waals surface area contributed by atoms with Gasteiger partial charge in [0, 0.05) is 26.0 Å². The van der Waals surface area contributed by atoms with Crippen LogP contribution in [0, 0.1) is 0 Å². The molecule has 0 N–H and O–H groups in total. The molecule has 2 heterocycles. The number of nitrogens with zero attached hydrogens (tertiary/aromatic N) is 4. The monoisotopic (exact) mass is 354 g/mol. The number of hydrogen-bond acceptors (Lipinski definition) is 5. The zero-order valence-electron chi connectivity index (χ0n) is 14.7. The molecular weight excluding hydrogens is 336 g/mol. The molecule has 0 aliphatic rings. The van der Waals surface area contributed by atoms with Crippen LogP contribution in [-0.2, 0) is 18.4 Å². The SMILES string of the molecule is COc1ccnc2c1c(=O)n(CC(=O)N(C)c1ccccc1)c(=O)n2C. The molecule has 2 aromatic heterocycles. The van der Waals surface area contributed by atoms with Gasteiger partial charge in [-0.25, -0.2) is 14.3 Å². The Labute approximate surface area is 148 Å². The summed E-state index contributed by atoms with van der Waals surface area (Å²) in [5.41, 5.74) is -0.345. The Morgan fingerprint density at radius 3 is 2.54 bits per heavy atom. The highest BCUT2D eigenvalue weighted by atomic mass is 16.5. The molecule has 3 rings (SSSR count). The number of carbonyl (C=O) groups is 1. The van der Waals surface area contributed by atoms with Crippen LogP contribution in [-0.4, -0.2) is 34.2 Å². The Morgan fingerprint density at radius 1 is 1.19 bits per heavy atom. The third kappa shape index (κ3) is 2.85. The lowest BCUT2D eigenvalue weighted by Crippen LogP contribution is -2.44. The number of fused-ring (bicyclic) bond motifs is 1.